The van der Waals surface area contributed by atoms with Crippen LogP contribution in [0.5, 0.6) is 5.75 Å². The van der Waals surface area contributed by atoms with Gasteiger partial charge in [-0.25, -0.2) is 9.97 Å². The van der Waals surface area contributed by atoms with Gasteiger partial charge in [0.15, 0.2) is 0 Å². The van der Waals surface area contributed by atoms with Crippen molar-refractivity contribution in [3.8, 4) is 11.7 Å². The molecule has 3 heterocycles. The summed E-state index contributed by atoms with van der Waals surface area (Å²) in [5.74, 6) is 2.43. The molecule has 1 N–H and O–H groups in total. The minimum atomic E-state index is 0.0819. The lowest BCUT2D eigenvalue weighted by Gasteiger charge is -2.36. The lowest BCUT2D eigenvalue weighted by Crippen LogP contribution is -2.43. The molecule has 0 bridgehead atoms. The van der Waals surface area contributed by atoms with Crippen molar-refractivity contribution >= 4 is 11.7 Å². The van der Waals surface area contributed by atoms with E-state index in [0.717, 1.165) is 49.5 Å². The minimum Gasteiger partial charge on any atom is -0.494 e. The Morgan fingerprint density at radius 2 is 2.06 bits per heavy atom. The van der Waals surface area contributed by atoms with Crippen molar-refractivity contribution < 1.29 is 9.53 Å². The molecule has 8 heteroatoms. The van der Waals surface area contributed by atoms with Crippen molar-refractivity contribution in [1.82, 2.24) is 24.8 Å². The van der Waals surface area contributed by atoms with Crippen LogP contribution >= 0.6 is 0 Å². The van der Waals surface area contributed by atoms with Crippen molar-refractivity contribution in [3.05, 3.63) is 60.3 Å². The minimum absolute atomic E-state index is 0.0819. The number of carbonyl (C=O) groups excluding carboxylic acids is 1. The molecular weight excluding hydrogens is 416 g/mol. The molecule has 1 amide bonds. The summed E-state index contributed by atoms with van der Waals surface area (Å²) in [6.45, 7) is 6.12. The topological polar surface area (TPSA) is 85.2 Å². The Morgan fingerprint density at radius 1 is 1.21 bits per heavy atom. The fraction of sp³-hybridized carbons (Fsp3) is 0.440. The van der Waals surface area contributed by atoms with Crippen LogP contribution in [0.1, 0.15) is 43.9 Å². The van der Waals surface area contributed by atoms with E-state index in [4.69, 9.17) is 9.72 Å². The Balaban J connectivity index is 1.35. The number of aryl methyl sites for hydroxylation is 1. The van der Waals surface area contributed by atoms with Gasteiger partial charge in [0.25, 0.3) is 0 Å². The summed E-state index contributed by atoms with van der Waals surface area (Å²) >= 11 is 0. The number of aromatic nitrogens is 4. The summed E-state index contributed by atoms with van der Waals surface area (Å²) in [5, 5.41) is 3.09. The Morgan fingerprint density at radius 3 is 2.82 bits per heavy atom. The van der Waals surface area contributed by atoms with E-state index >= 15 is 0 Å². The molecule has 1 saturated heterocycles. The highest BCUT2D eigenvalue weighted by Crippen LogP contribution is 2.26. The van der Waals surface area contributed by atoms with Crippen LogP contribution in [0.15, 0.2) is 49.1 Å². The molecule has 1 atom stereocenters. The van der Waals surface area contributed by atoms with E-state index in [1.807, 2.05) is 42.8 Å². The van der Waals surface area contributed by atoms with E-state index in [1.165, 1.54) is 5.56 Å². The molecule has 1 unspecified atom stereocenters. The quantitative estimate of drug-likeness (QED) is 0.540. The Kier molecular flexibility index (Phi) is 7.55. The summed E-state index contributed by atoms with van der Waals surface area (Å²) in [5.41, 5.74) is 2.08. The van der Waals surface area contributed by atoms with Crippen LogP contribution in [0.3, 0.4) is 0 Å². The molecular formula is C25H32N6O2. The second kappa shape index (κ2) is 10.9. The van der Waals surface area contributed by atoms with Crippen LogP contribution in [0.2, 0.25) is 0 Å². The number of piperidine rings is 1. The number of anilines is 1. The summed E-state index contributed by atoms with van der Waals surface area (Å²) < 4.78 is 7.29. The summed E-state index contributed by atoms with van der Waals surface area (Å²) in [4.78, 5) is 28.4. The first kappa shape index (κ1) is 22.8. The van der Waals surface area contributed by atoms with Crippen molar-refractivity contribution in [2.75, 3.05) is 24.6 Å². The zero-order chi connectivity index (χ0) is 23.0. The summed E-state index contributed by atoms with van der Waals surface area (Å²) in [6.07, 6.45) is 9.72. The highest BCUT2D eigenvalue weighted by molar-refractivity contribution is 5.77. The number of ether oxygens (including phenoxy) is 1. The van der Waals surface area contributed by atoms with Gasteiger partial charge in [-0.1, -0.05) is 12.1 Å². The third-order valence-corrected chi connectivity index (χ3v) is 5.88. The van der Waals surface area contributed by atoms with E-state index in [2.05, 4.69) is 32.3 Å². The highest BCUT2D eigenvalue weighted by atomic mass is 16.5. The fourth-order valence-electron chi connectivity index (χ4n) is 4.24. The maximum atomic E-state index is 12.7. The first-order valence-electron chi connectivity index (χ1n) is 11.7. The number of amides is 1. The second-order valence-corrected chi connectivity index (χ2v) is 8.36. The third kappa shape index (κ3) is 6.09. The molecule has 1 fully saturated rings. The van der Waals surface area contributed by atoms with Gasteiger partial charge in [0.1, 0.15) is 17.9 Å². The predicted octanol–water partition coefficient (Wildman–Crippen LogP) is 3.48. The van der Waals surface area contributed by atoms with E-state index in [1.54, 1.807) is 12.5 Å². The highest BCUT2D eigenvalue weighted by Gasteiger charge is 2.26. The van der Waals surface area contributed by atoms with Gasteiger partial charge in [-0.05, 0) is 57.2 Å². The number of nitrogens with one attached hydrogen (secondary N) is 1. The van der Waals surface area contributed by atoms with Gasteiger partial charge < -0.3 is 15.0 Å². The van der Waals surface area contributed by atoms with Gasteiger partial charge in [0, 0.05) is 49.7 Å². The van der Waals surface area contributed by atoms with Gasteiger partial charge in [0.05, 0.1) is 6.61 Å². The smallest absolute Gasteiger partial charge is 0.237 e. The van der Waals surface area contributed by atoms with Crippen molar-refractivity contribution in [3.63, 3.8) is 0 Å². The number of rotatable bonds is 9. The van der Waals surface area contributed by atoms with Crippen LogP contribution in [-0.2, 0) is 11.2 Å². The molecule has 0 saturated carbocycles. The summed E-state index contributed by atoms with van der Waals surface area (Å²) in [6, 6.07) is 10.2. The Labute approximate surface area is 195 Å². The lowest BCUT2D eigenvalue weighted by molar-refractivity contribution is -0.121. The first-order valence-corrected chi connectivity index (χ1v) is 11.7. The van der Waals surface area contributed by atoms with Crippen LogP contribution in [0.25, 0.3) is 5.95 Å². The molecule has 33 heavy (non-hydrogen) atoms. The summed E-state index contributed by atoms with van der Waals surface area (Å²) in [7, 11) is 0. The second-order valence-electron chi connectivity index (χ2n) is 8.36. The molecule has 1 aliphatic rings. The van der Waals surface area contributed by atoms with E-state index in [9.17, 15) is 4.79 Å². The average Bonchev–Trinajstić information content (AvgIpc) is 3.36. The molecule has 1 aliphatic heterocycles. The molecule has 0 radical (unpaired) electrons. The number of nitrogens with zero attached hydrogens (tertiary/aromatic N) is 5. The zero-order valence-corrected chi connectivity index (χ0v) is 19.4. The Hall–Kier alpha value is -3.42. The lowest BCUT2D eigenvalue weighted by atomic mass is 9.99. The van der Waals surface area contributed by atoms with E-state index in [0.29, 0.717) is 25.5 Å². The monoisotopic (exact) mass is 448 g/mol. The molecule has 2 aromatic heterocycles. The zero-order valence-electron chi connectivity index (χ0n) is 19.4. The standard InChI is InChI=1S/C25H32N6O2/c1-3-33-22-9-7-20(8-10-22)11-12-27-24(32)17-21-6-4-5-14-31(21)23-16-19(2)28-25(29-23)30-15-13-26-18-30/h7-10,13,15-16,18,21H,3-6,11-12,14,17H2,1-2H3,(H,27,32). The van der Waals surface area contributed by atoms with Gasteiger partial charge in [-0.2, -0.15) is 4.98 Å². The maximum Gasteiger partial charge on any atom is 0.237 e. The molecule has 174 valence electrons. The van der Waals surface area contributed by atoms with Crippen LogP contribution in [0.4, 0.5) is 5.82 Å². The molecule has 8 nitrogen and oxygen atoms in total. The average molecular weight is 449 g/mol. The first-order chi connectivity index (χ1) is 16.1. The fourth-order valence-corrected chi connectivity index (χ4v) is 4.24. The number of hydrogen-bond acceptors (Lipinski definition) is 6. The molecule has 0 spiro atoms. The van der Waals surface area contributed by atoms with E-state index in [-0.39, 0.29) is 11.9 Å². The van der Waals surface area contributed by atoms with Crippen molar-refractivity contribution in [2.45, 2.75) is 52.0 Å². The number of benzene rings is 1. The number of hydrogen-bond donors (Lipinski definition) is 1. The normalized spacial score (nSPS) is 15.9. The van der Waals surface area contributed by atoms with Crippen LogP contribution in [-0.4, -0.2) is 51.2 Å². The number of carbonyl (C=O) groups is 1. The third-order valence-electron chi connectivity index (χ3n) is 5.88. The Bertz CT molecular complexity index is 1040. The molecule has 0 aliphatic carbocycles. The van der Waals surface area contributed by atoms with Gasteiger partial charge in [0.2, 0.25) is 11.9 Å². The predicted molar refractivity (Wildman–Crippen MR) is 128 cm³/mol. The van der Waals surface area contributed by atoms with Crippen LogP contribution < -0.4 is 15.0 Å². The SMILES string of the molecule is CCOc1ccc(CCNC(=O)CC2CCCCN2c2cc(C)nc(-n3ccnc3)n2)cc1. The van der Waals surface area contributed by atoms with Crippen LogP contribution in [0, 0.1) is 6.92 Å². The molecule has 1 aromatic carbocycles. The molecule has 4 rings (SSSR count). The largest absolute Gasteiger partial charge is 0.494 e. The van der Waals surface area contributed by atoms with Crippen molar-refractivity contribution in [2.24, 2.45) is 0 Å². The van der Waals surface area contributed by atoms with Gasteiger partial charge in [-0.3, -0.25) is 9.36 Å². The van der Waals surface area contributed by atoms with Gasteiger partial charge in [-0.15, -0.1) is 0 Å². The molecule has 3 aromatic rings. The van der Waals surface area contributed by atoms with Gasteiger partial charge >= 0.3 is 0 Å². The number of imidazole rings is 1. The van der Waals surface area contributed by atoms with E-state index < -0.39 is 0 Å². The van der Waals surface area contributed by atoms with Crippen molar-refractivity contribution in [1.29, 1.82) is 0 Å². The maximum absolute atomic E-state index is 12.7.